The zero-order valence-electron chi connectivity index (χ0n) is 6.21. The van der Waals surface area contributed by atoms with Crippen molar-refractivity contribution in [3.05, 3.63) is 0 Å². The molecule has 12 heavy (non-hydrogen) atoms. The molecule has 0 atom stereocenters. The number of hydrogen-bond acceptors (Lipinski definition) is 7. The molecule has 0 amide bonds. The maximum Gasteiger partial charge on any atom is 2.00 e. The van der Waals surface area contributed by atoms with Crippen LogP contribution in [0.3, 0.4) is 0 Å². The predicted octanol–water partition coefficient (Wildman–Crippen LogP) is -4.45. The standard InChI is InChI=1S/2C2H5NO2.Cu.H3N/c2*3-1-2(4)5;;/h2*1,3H2,(H,4,5);;1H3/q;;+2;/p-2. The van der Waals surface area contributed by atoms with E-state index in [1.807, 2.05) is 0 Å². The van der Waals surface area contributed by atoms with Crippen LogP contribution < -0.4 is 27.8 Å². The van der Waals surface area contributed by atoms with Crippen molar-refractivity contribution in [2.24, 2.45) is 11.5 Å². The first-order valence-electron chi connectivity index (χ1n) is 2.34. The average molecular weight is 229 g/mol. The van der Waals surface area contributed by atoms with E-state index < -0.39 is 11.9 Å². The van der Waals surface area contributed by atoms with E-state index in [9.17, 15) is 0 Å². The number of carbonyl (C=O) groups excluding carboxylic acids is 2. The summed E-state index contributed by atoms with van der Waals surface area (Å²) < 4.78 is 0. The summed E-state index contributed by atoms with van der Waals surface area (Å²) >= 11 is 0. The van der Waals surface area contributed by atoms with Crippen molar-refractivity contribution in [1.82, 2.24) is 6.15 Å². The van der Waals surface area contributed by atoms with Crippen LogP contribution in [0.15, 0.2) is 0 Å². The molecule has 7 nitrogen and oxygen atoms in total. The van der Waals surface area contributed by atoms with E-state index in [1.165, 1.54) is 0 Å². The normalized spacial score (nSPS) is 6.17. The summed E-state index contributed by atoms with van der Waals surface area (Å²) in [5, 5.41) is 18.3. The second-order valence-electron chi connectivity index (χ2n) is 1.15. The summed E-state index contributed by atoms with van der Waals surface area (Å²) in [6, 6.07) is 0. The van der Waals surface area contributed by atoms with Crippen molar-refractivity contribution in [1.29, 1.82) is 0 Å². The van der Waals surface area contributed by atoms with E-state index in [-0.39, 0.29) is 36.3 Å². The molecular formula is C4H11CuN3O4. The van der Waals surface area contributed by atoms with Gasteiger partial charge in [0.25, 0.3) is 0 Å². The van der Waals surface area contributed by atoms with Gasteiger partial charge in [-0.25, -0.2) is 0 Å². The van der Waals surface area contributed by atoms with Gasteiger partial charge in [0, 0.05) is 13.1 Å². The zero-order chi connectivity index (χ0) is 8.57. The average Bonchev–Trinajstić information content (AvgIpc) is 1.89. The van der Waals surface area contributed by atoms with Crippen molar-refractivity contribution in [2.75, 3.05) is 13.1 Å². The molecule has 1 radical (unpaired) electrons. The van der Waals surface area contributed by atoms with Gasteiger partial charge in [-0.3, -0.25) is 0 Å². The summed E-state index contributed by atoms with van der Waals surface area (Å²) in [6.45, 7) is -0.778. The predicted molar refractivity (Wildman–Crippen MR) is 33.1 cm³/mol. The van der Waals surface area contributed by atoms with E-state index in [0.717, 1.165) is 0 Å². The Labute approximate surface area is 80.2 Å². The first kappa shape index (κ1) is 22.5. The van der Waals surface area contributed by atoms with Crippen LogP contribution in [0.5, 0.6) is 0 Å². The van der Waals surface area contributed by atoms with Crippen molar-refractivity contribution in [3.63, 3.8) is 0 Å². The van der Waals surface area contributed by atoms with Gasteiger partial charge in [0.2, 0.25) is 0 Å². The molecule has 0 heterocycles. The minimum atomic E-state index is -1.22. The third-order valence-corrected chi connectivity index (χ3v) is 0.333. The third-order valence-electron chi connectivity index (χ3n) is 0.333. The van der Waals surface area contributed by atoms with Crippen LogP contribution in [0, 0.1) is 0 Å². The van der Waals surface area contributed by atoms with Crippen LogP contribution in [0.1, 0.15) is 0 Å². The molecule has 0 aliphatic carbocycles. The van der Waals surface area contributed by atoms with E-state index in [2.05, 4.69) is 11.5 Å². The van der Waals surface area contributed by atoms with Gasteiger partial charge in [0.05, 0.1) is 11.9 Å². The minimum absolute atomic E-state index is 0. The molecule has 0 unspecified atom stereocenters. The van der Waals surface area contributed by atoms with Crippen molar-refractivity contribution >= 4 is 11.9 Å². The van der Waals surface area contributed by atoms with E-state index in [0.29, 0.717) is 0 Å². The Bertz CT molecular complexity index is 107. The van der Waals surface area contributed by atoms with Crippen LogP contribution in [-0.2, 0) is 26.7 Å². The van der Waals surface area contributed by atoms with E-state index >= 15 is 0 Å². The monoisotopic (exact) mass is 228 g/mol. The van der Waals surface area contributed by atoms with Crippen molar-refractivity contribution < 1.29 is 36.9 Å². The molecule has 77 valence electrons. The quantitative estimate of drug-likeness (QED) is 0.401. The number of hydrogen-bond donors (Lipinski definition) is 3. The molecule has 0 aromatic rings. The Hall–Kier alpha value is -0.661. The van der Waals surface area contributed by atoms with Gasteiger partial charge in [-0.15, -0.1) is 0 Å². The topological polar surface area (TPSA) is 167 Å². The van der Waals surface area contributed by atoms with E-state index in [4.69, 9.17) is 19.8 Å². The van der Waals surface area contributed by atoms with Gasteiger partial charge in [0.15, 0.2) is 0 Å². The van der Waals surface area contributed by atoms with Crippen LogP contribution in [0.25, 0.3) is 0 Å². The van der Waals surface area contributed by atoms with Crippen LogP contribution in [-0.4, -0.2) is 25.0 Å². The maximum absolute atomic E-state index is 9.13. The zero-order valence-corrected chi connectivity index (χ0v) is 7.15. The molecule has 0 fully saturated rings. The number of carboxylic acids is 2. The van der Waals surface area contributed by atoms with Crippen molar-refractivity contribution in [3.8, 4) is 0 Å². The van der Waals surface area contributed by atoms with Gasteiger partial charge in [-0.1, -0.05) is 0 Å². The number of carboxylic acid groups (broad SMARTS) is 2. The van der Waals surface area contributed by atoms with Crippen molar-refractivity contribution in [2.45, 2.75) is 0 Å². The summed E-state index contributed by atoms with van der Waals surface area (Å²) in [4.78, 5) is 18.3. The van der Waals surface area contributed by atoms with Gasteiger partial charge in [-0.2, -0.15) is 0 Å². The first-order valence-corrected chi connectivity index (χ1v) is 2.34. The molecular weight excluding hydrogens is 218 g/mol. The molecule has 8 heteroatoms. The molecule has 0 spiro atoms. The molecule has 0 aromatic carbocycles. The Balaban J connectivity index is -0.0000000457. The van der Waals surface area contributed by atoms with Gasteiger partial charge in [0.1, 0.15) is 0 Å². The Morgan fingerprint density at radius 1 is 1.00 bits per heavy atom. The van der Waals surface area contributed by atoms with Gasteiger partial charge >= 0.3 is 17.1 Å². The molecule has 0 saturated heterocycles. The molecule has 0 rings (SSSR count). The summed E-state index contributed by atoms with van der Waals surface area (Å²) in [6.07, 6.45) is 0. The SMILES string of the molecule is N.NCC(=O)[O-].NCC(=O)[O-].[Cu+2]. The molecule has 0 aromatic heterocycles. The third kappa shape index (κ3) is 58.2. The second kappa shape index (κ2) is 16.7. The Morgan fingerprint density at radius 2 is 1.08 bits per heavy atom. The fourth-order valence-electron chi connectivity index (χ4n) is 0. The number of carbonyl (C=O) groups is 2. The summed E-state index contributed by atoms with van der Waals surface area (Å²) in [5.41, 5.74) is 9.02. The fraction of sp³-hybridized carbons (Fsp3) is 0.500. The minimum Gasteiger partial charge on any atom is -0.549 e. The molecule has 0 saturated carbocycles. The largest absolute Gasteiger partial charge is 2.00 e. The molecule has 7 N–H and O–H groups in total. The molecule has 0 aliphatic heterocycles. The fourth-order valence-corrected chi connectivity index (χ4v) is 0. The van der Waals surface area contributed by atoms with Crippen LogP contribution in [0.4, 0.5) is 0 Å². The van der Waals surface area contributed by atoms with Gasteiger partial charge in [-0.05, 0) is 0 Å². The first-order chi connectivity index (χ1) is 4.54. The van der Waals surface area contributed by atoms with E-state index in [1.54, 1.807) is 0 Å². The summed E-state index contributed by atoms with van der Waals surface area (Å²) in [5.74, 6) is -2.44. The summed E-state index contributed by atoms with van der Waals surface area (Å²) in [7, 11) is 0. The number of aliphatic carboxylic acids is 2. The number of nitrogens with two attached hydrogens (primary N) is 2. The van der Waals surface area contributed by atoms with Gasteiger partial charge < -0.3 is 37.4 Å². The van der Waals surface area contributed by atoms with Crippen LogP contribution >= 0.6 is 0 Å². The molecule has 0 bridgehead atoms. The Kier molecular flexibility index (Phi) is 31.4. The maximum atomic E-state index is 9.13. The molecule has 0 aliphatic rings. The number of rotatable bonds is 2. The smallest absolute Gasteiger partial charge is 0.549 e. The second-order valence-corrected chi connectivity index (χ2v) is 1.15. The Morgan fingerprint density at radius 3 is 1.08 bits per heavy atom. The van der Waals surface area contributed by atoms with Crippen LogP contribution in [0.2, 0.25) is 0 Å².